The number of rotatable bonds is 7. The summed E-state index contributed by atoms with van der Waals surface area (Å²) in [6.07, 6.45) is 5.95. The number of piperazine rings is 1. The number of nitrogens with one attached hydrogen (secondary N) is 3. The summed E-state index contributed by atoms with van der Waals surface area (Å²) >= 11 is 11.3. The fourth-order valence-electron chi connectivity index (χ4n) is 4.10. The first-order chi connectivity index (χ1) is 12.3. The molecule has 2 fully saturated rings. The topological polar surface area (TPSA) is 59.6 Å². The second-order valence-corrected chi connectivity index (χ2v) is 8.16. The molecule has 0 aromatic rings. The molecule has 0 aromatic carbocycles. The van der Waals surface area contributed by atoms with E-state index in [0.717, 1.165) is 38.8 Å². The SMILES string of the molecule is C=CCNC(=S)N1CCNC(C)(C)C1(CCCCC)N1CC(=O)NC1=S. The highest BCUT2D eigenvalue weighted by Gasteiger charge is 2.58. The number of hydrogen-bond acceptors (Lipinski definition) is 4. The van der Waals surface area contributed by atoms with Crippen molar-refractivity contribution < 1.29 is 4.79 Å². The van der Waals surface area contributed by atoms with Gasteiger partial charge in [-0.25, -0.2) is 0 Å². The maximum Gasteiger partial charge on any atom is 0.245 e. The van der Waals surface area contributed by atoms with Crippen LogP contribution in [-0.4, -0.2) is 63.3 Å². The Morgan fingerprint density at radius 2 is 2.15 bits per heavy atom. The summed E-state index contributed by atoms with van der Waals surface area (Å²) in [7, 11) is 0. The van der Waals surface area contributed by atoms with Gasteiger partial charge in [0.2, 0.25) is 5.91 Å². The van der Waals surface area contributed by atoms with Crippen LogP contribution >= 0.6 is 24.4 Å². The van der Waals surface area contributed by atoms with E-state index in [2.05, 4.69) is 48.2 Å². The van der Waals surface area contributed by atoms with Gasteiger partial charge in [0, 0.05) is 19.6 Å². The summed E-state index contributed by atoms with van der Waals surface area (Å²) in [4.78, 5) is 16.4. The van der Waals surface area contributed by atoms with E-state index in [9.17, 15) is 4.79 Å². The average Bonchev–Trinajstić information content (AvgIpc) is 2.92. The molecule has 1 atom stereocenters. The molecule has 0 bridgehead atoms. The fourth-order valence-corrected chi connectivity index (χ4v) is 4.75. The van der Waals surface area contributed by atoms with E-state index in [1.165, 1.54) is 0 Å². The van der Waals surface area contributed by atoms with Crippen LogP contribution in [0.5, 0.6) is 0 Å². The van der Waals surface area contributed by atoms with Crippen LogP contribution < -0.4 is 16.0 Å². The van der Waals surface area contributed by atoms with Crippen molar-refractivity contribution in [3.05, 3.63) is 12.7 Å². The number of unbranched alkanes of at least 4 members (excludes halogenated alkanes) is 2. The number of carbonyl (C=O) groups excluding carboxylic acids is 1. The molecule has 146 valence electrons. The Labute approximate surface area is 167 Å². The van der Waals surface area contributed by atoms with Crippen LogP contribution in [0.15, 0.2) is 12.7 Å². The van der Waals surface area contributed by atoms with Crippen molar-refractivity contribution in [1.29, 1.82) is 0 Å². The molecule has 1 amide bonds. The molecular weight excluding hydrogens is 366 g/mol. The Hall–Kier alpha value is -1.25. The van der Waals surface area contributed by atoms with Gasteiger partial charge in [-0.2, -0.15) is 0 Å². The first-order valence-corrected chi connectivity index (χ1v) is 10.1. The van der Waals surface area contributed by atoms with Gasteiger partial charge in [0.1, 0.15) is 12.2 Å². The lowest BCUT2D eigenvalue weighted by Gasteiger charge is -2.61. The molecule has 3 N–H and O–H groups in total. The Morgan fingerprint density at radius 1 is 1.42 bits per heavy atom. The molecule has 2 heterocycles. The average molecular weight is 398 g/mol. The highest BCUT2D eigenvalue weighted by atomic mass is 32.1. The van der Waals surface area contributed by atoms with Gasteiger partial charge in [0.05, 0.1) is 5.54 Å². The molecule has 2 aliphatic rings. The van der Waals surface area contributed by atoms with Crippen LogP contribution in [0.3, 0.4) is 0 Å². The third-order valence-corrected chi connectivity index (χ3v) is 6.05. The number of hydrogen-bond donors (Lipinski definition) is 3. The largest absolute Gasteiger partial charge is 0.359 e. The van der Waals surface area contributed by atoms with Crippen molar-refractivity contribution in [2.75, 3.05) is 26.2 Å². The van der Waals surface area contributed by atoms with Gasteiger partial charge >= 0.3 is 0 Å². The molecule has 1 unspecified atom stereocenters. The van der Waals surface area contributed by atoms with Crippen molar-refractivity contribution in [2.45, 2.75) is 57.7 Å². The number of thiocarbonyl (C=S) groups is 2. The van der Waals surface area contributed by atoms with Gasteiger partial charge in [-0.15, -0.1) is 6.58 Å². The lowest BCUT2D eigenvalue weighted by molar-refractivity contribution is -0.122. The third kappa shape index (κ3) is 3.87. The molecule has 2 saturated heterocycles. The van der Waals surface area contributed by atoms with E-state index >= 15 is 0 Å². The third-order valence-electron chi connectivity index (χ3n) is 5.36. The van der Waals surface area contributed by atoms with Crippen molar-refractivity contribution in [3.63, 3.8) is 0 Å². The van der Waals surface area contributed by atoms with Gasteiger partial charge in [0.15, 0.2) is 10.2 Å². The molecule has 0 saturated carbocycles. The first-order valence-electron chi connectivity index (χ1n) is 9.33. The molecule has 6 nitrogen and oxygen atoms in total. The summed E-state index contributed by atoms with van der Waals surface area (Å²) in [6, 6.07) is 0. The fraction of sp³-hybridized carbons (Fsp3) is 0.722. The second kappa shape index (κ2) is 8.63. The summed E-state index contributed by atoms with van der Waals surface area (Å²) < 4.78 is 0. The van der Waals surface area contributed by atoms with Crippen LogP contribution in [0.2, 0.25) is 0 Å². The zero-order valence-electron chi connectivity index (χ0n) is 16.1. The van der Waals surface area contributed by atoms with Crippen molar-refractivity contribution in [3.8, 4) is 0 Å². The Balaban J connectivity index is 2.48. The predicted octanol–water partition coefficient (Wildman–Crippen LogP) is 1.72. The van der Waals surface area contributed by atoms with Crippen LogP contribution in [0.1, 0.15) is 46.5 Å². The molecule has 0 aromatic heterocycles. The van der Waals surface area contributed by atoms with Gasteiger partial charge in [-0.3, -0.25) is 4.79 Å². The zero-order valence-corrected chi connectivity index (χ0v) is 17.7. The molecule has 2 rings (SSSR count). The number of nitrogens with zero attached hydrogens (tertiary/aromatic N) is 2. The quantitative estimate of drug-likeness (QED) is 0.344. The van der Waals surface area contributed by atoms with Gasteiger partial charge in [-0.05, 0) is 51.1 Å². The number of carbonyl (C=O) groups is 1. The highest BCUT2D eigenvalue weighted by Crippen LogP contribution is 2.40. The molecule has 2 aliphatic heterocycles. The van der Waals surface area contributed by atoms with Gasteiger partial charge in [-0.1, -0.05) is 25.8 Å². The monoisotopic (exact) mass is 397 g/mol. The van der Waals surface area contributed by atoms with Crippen LogP contribution in [0, 0.1) is 0 Å². The van der Waals surface area contributed by atoms with Gasteiger partial charge in [0.25, 0.3) is 0 Å². The van der Waals surface area contributed by atoms with E-state index in [-0.39, 0.29) is 18.0 Å². The minimum absolute atomic E-state index is 0.0591. The Kier molecular flexibility index (Phi) is 6.99. The minimum atomic E-state index is -0.512. The van der Waals surface area contributed by atoms with E-state index in [0.29, 0.717) is 16.8 Å². The first kappa shape index (κ1) is 21.1. The number of amides is 1. The van der Waals surface area contributed by atoms with E-state index in [4.69, 9.17) is 24.4 Å². The Morgan fingerprint density at radius 3 is 2.73 bits per heavy atom. The summed E-state index contributed by atoms with van der Waals surface area (Å²) in [5.41, 5.74) is -0.822. The summed E-state index contributed by atoms with van der Waals surface area (Å²) in [6.45, 7) is 12.7. The van der Waals surface area contributed by atoms with E-state index < -0.39 is 5.66 Å². The van der Waals surface area contributed by atoms with Crippen LogP contribution in [0.25, 0.3) is 0 Å². The van der Waals surface area contributed by atoms with Gasteiger partial charge < -0.3 is 25.8 Å². The molecule has 0 radical (unpaired) electrons. The maximum atomic E-state index is 12.1. The minimum Gasteiger partial charge on any atom is -0.359 e. The zero-order chi connectivity index (χ0) is 19.4. The lowest BCUT2D eigenvalue weighted by Crippen LogP contribution is -2.80. The summed E-state index contributed by atoms with van der Waals surface area (Å²) in [5.74, 6) is -0.0591. The van der Waals surface area contributed by atoms with Crippen molar-refractivity contribution in [1.82, 2.24) is 25.8 Å². The highest BCUT2D eigenvalue weighted by molar-refractivity contribution is 7.80. The van der Waals surface area contributed by atoms with Crippen LogP contribution in [-0.2, 0) is 4.79 Å². The molecule has 8 heteroatoms. The molecule has 26 heavy (non-hydrogen) atoms. The lowest BCUT2D eigenvalue weighted by atomic mass is 9.78. The van der Waals surface area contributed by atoms with E-state index in [1.54, 1.807) is 6.08 Å². The predicted molar refractivity (Wildman–Crippen MR) is 114 cm³/mol. The molecular formula is C18H31N5OS2. The standard InChI is InChI=1S/C18H31N5OS2/c1-5-7-8-9-18(23-13-14(24)21-16(23)26)17(3,4)20-11-12-22(18)15(25)19-10-6-2/h6,20H,2,5,7-13H2,1,3-4H3,(H,19,25)(H,21,24,26). The second-order valence-electron chi connectivity index (χ2n) is 7.39. The summed E-state index contributed by atoms with van der Waals surface area (Å²) in [5, 5.41) is 10.9. The van der Waals surface area contributed by atoms with E-state index in [1.807, 2.05) is 4.90 Å². The maximum absolute atomic E-state index is 12.1. The smallest absolute Gasteiger partial charge is 0.245 e. The normalized spacial score (nSPS) is 25.2. The molecule has 0 aliphatic carbocycles. The molecule has 0 spiro atoms. The van der Waals surface area contributed by atoms with Crippen molar-refractivity contribution >= 4 is 40.6 Å². The van der Waals surface area contributed by atoms with Crippen LogP contribution in [0.4, 0.5) is 0 Å². The Bertz CT molecular complexity index is 580. The van der Waals surface area contributed by atoms with Crippen molar-refractivity contribution in [2.24, 2.45) is 0 Å².